The minimum absolute atomic E-state index is 0.0814. The van der Waals surface area contributed by atoms with Gasteiger partial charge in [0.2, 0.25) is 0 Å². The predicted molar refractivity (Wildman–Crippen MR) is 114 cm³/mol. The van der Waals surface area contributed by atoms with E-state index in [1.54, 1.807) is 0 Å². The molecule has 1 heterocycles. The summed E-state index contributed by atoms with van der Waals surface area (Å²) in [6.45, 7) is 1.21. The van der Waals surface area contributed by atoms with Crippen molar-refractivity contribution in [3.8, 4) is 0 Å². The lowest BCUT2D eigenvalue weighted by atomic mass is 9.99. The van der Waals surface area contributed by atoms with Gasteiger partial charge in [0.25, 0.3) is 6.47 Å². The summed E-state index contributed by atoms with van der Waals surface area (Å²) in [7, 11) is 0. The van der Waals surface area contributed by atoms with Gasteiger partial charge < -0.3 is 44.1 Å². The molecule has 0 aromatic carbocycles. The predicted octanol–water partition coefficient (Wildman–Crippen LogP) is -1.60. The smallest absolute Gasteiger partial charge is 0.303 e. The molecule has 1 aliphatic rings. The first kappa shape index (κ1) is 27.7. The monoisotopic (exact) mass is 662 g/mol. The van der Waals surface area contributed by atoms with E-state index in [1.165, 1.54) is 0 Å². The van der Waals surface area contributed by atoms with Crippen molar-refractivity contribution in [3.63, 3.8) is 0 Å². The van der Waals surface area contributed by atoms with Crippen LogP contribution < -0.4 is 0 Å². The van der Waals surface area contributed by atoms with Crippen molar-refractivity contribution in [1.82, 2.24) is 0 Å². The van der Waals surface area contributed by atoms with E-state index in [4.69, 9.17) is 23.7 Å². The minimum Gasteiger partial charge on any atom is -0.462 e. The van der Waals surface area contributed by atoms with Crippen LogP contribution in [0.2, 0.25) is 0 Å². The molecular weight excluding hydrogens is 638 g/mol. The van der Waals surface area contributed by atoms with Crippen molar-refractivity contribution in [3.05, 3.63) is 0 Å². The van der Waals surface area contributed by atoms with Gasteiger partial charge in [-0.2, -0.15) is 0 Å². The summed E-state index contributed by atoms with van der Waals surface area (Å²) in [4.78, 5) is 33.8. The molecule has 0 unspecified atom stereocenters. The largest absolute Gasteiger partial charge is 0.462 e. The average Bonchev–Trinajstić information content (AvgIpc) is 2.67. The number of esters is 2. The second-order valence-corrected chi connectivity index (χ2v) is 11.3. The van der Waals surface area contributed by atoms with E-state index in [1.807, 2.05) is 45.2 Å². The maximum atomic E-state index is 11.6. The molecule has 0 spiro atoms. The second-order valence-electron chi connectivity index (χ2n) is 6.28. The van der Waals surface area contributed by atoms with Gasteiger partial charge in [0.05, 0.1) is 6.61 Å². The van der Waals surface area contributed by atoms with E-state index in [0.29, 0.717) is 0 Å². The molecule has 1 aliphatic heterocycles. The number of ether oxygens (including phenoxy) is 5. The second kappa shape index (κ2) is 13.2. The molecule has 1 rings (SSSR count). The van der Waals surface area contributed by atoms with Gasteiger partial charge in [0.15, 0.2) is 18.5 Å². The lowest BCUT2D eigenvalue weighted by Crippen LogP contribution is -2.61. The fourth-order valence-electron chi connectivity index (χ4n) is 2.65. The molecule has 4 N–H and O–H groups in total. The normalized spacial score (nSPS) is 29.6. The van der Waals surface area contributed by atoms with Crippen molar-refractivity contribution < 1.29 is 58.5 Å². The number of rotatable bonds is 11. The summed E-state index contributed by atoms with van der Waals surface area (Å²) in [6, 6.07) is 0. The first-order chi connectivity index (χ1) is 14.0. The minimum atomic E-state index is -1.75. The van der Waals surface area contributed by atoms with Gasteiger partial charge in [-0.1, -0.05) is 45.2 Å². The number of alkyl halides is 2. The number of carbonyl (C=O) groups excluding carboxylic acids is 3. The zero-order chi connectivity index (χ0) is 23.0. The molecule has 0 saturated carbocycles. The van der Waals surface area contributed by atoms with Crippen molar-refractivity contribution in [2.24, 2.45) is 0 Å². The molecule has 14 heteroatoms. The molecular formula is C16H24I2O12. The van der Waals surface area contributed by atoms with Gasteiger partial charge in [-0.25, -0.2) is 0 Å². The van der Waals surface area contributed by atoms with E-state index >= 15 is 0 Å². The summed E-state index contributed by atoms with van der Waals surface area (Å²) in [5.41, 5.74) is 0. The van der Waals surface area contributed by atoms with Crippen molar-refractivity contribution in [2.45, 2.75) is 64.8 Å². The SMILES string of the molecule is CC(=O)OC[C@@H](OC=O)[C@@H](O[C@@H]1O[C@H](CO)[C@H](O)[C@H](O)[C@H]1O)[C@H](OC(C)=O)C(I)I. The van der Waals surface area contributed by atoms with E-state index in [-0.39, 0.29) is 6.47 Å². The number of halogens is 2. The Morgan fingerprint density at radius 1 is 1.07 bits per heavy atom. The number of hydrogen-bond acceptors (Lipinski definition) is 12. The van der Waals surface area contributed by atoms with E-state index in [0.717, 1.165) is 13.8 Å². The third-order valence-electron chi connectivity index (χ3n) is 4.06. The van der Waals surface area contributed by atoms with Crippen LogP contribution >= 0.6 is 45.2 Å². The van der Waals surface area contributed by atoms with Crippen LogP contribution in [0.15, 0.2) is 0 Å². The molecule has 0 aliphatic carbocycles. The fourth-order valence-corrected chi connectivity index (χ4v) is 3.76. The van der Waals surface area contributed by atoms with Crippen LogP contribution in [-0.4, -0.2) is 103 Å². The van der Waals surface area contributed by atoms with Crippen molar-refractivity contribution >= 4 is 63.6 Å². The van der Waals surface area contributed by atoms with Gasteiger partial charge >= 0.3 is 11.9 Å². The van der Waals surface area contributed by atoms with Gasteiger partial charge in [-0.15, -0.1) is 0 Å². The lowest BCUT2D eigenvalue weighted by Gasteiger charge is -2.42. The first-order valence-electron chi connectivity index (χ1n) is 8.67. The first-order valence-corrected chi connectivity index (χ1v) is 11.2. The quantitative estimate of drug-likeness (QED) is 0.0657. The molecule has 0 aromatic heterocycles. The van der Waals surface area contributed by atoms with E-state index in [2.05, 4.69) is 0 Å². The number of carbonyl (C=O) groups is 3. The van der Waals surface area contributed by atoms with Gasteiger partial charge in [-0.05, 0) is 0 Å². The topological polar surface area (TPSA) is 178 Å². The van der Waals surface area contributed by atoms with Crippen LogP contribution in [0.4, 0.5) is 0 Å². The highest BCUT2D eigenvalue weighted by molar-refractivity contribution is 14.2. The van der Waals surface area contributed by atoms with Crippen molar-refractivity contribution in [1.29, 1.82) is 0 Å². The third-order valence-corrected chi connectivity index (χ3v) is 5.48. The zero-order valence-corrected chi connectivity index (χ0v) is 20.3. The molecule has 1 saturated heterocycles. The number of aliphatic hydroxyl groups is 4. The standard InChI is InChI=1S/C16H24I2O12/c1-6(21)26-4-9(27-5-20)13(14(15(17)18)28-7(2)22)30-16-12(25)11(24)10(23)8(3-19)29-16/h5,8-16,19,23-25H,3-4H2,1-2H3/t8-,9-,10+,11+,12-,13-,14+,16+/m1/s1. The Morgan fingerprint density at radius 3 is 2.17 bits per heavy atom. The fraction of sp³-hybridized carbons (Fsp3) is 0.812. The summed E-state index contributed by atoms with van der Waals surface area (Å²) in [6.07, 6.45) is -11.6. The summed E-state index contributed by atoms with van der Waals surface area (Å²) in [5.74, 6) is -1.36. The molecule has 8 atom stereocenters. The van der Waals surface area contributed by atoms with Gasteiger partial charge in [0.1, 0.15) is 39.1 Å². The highest BCUT2D eigenvalue weighted by Gasteiger charge is 2.48. The van der Waals surface area contributed by atoms with Crippen molar-refractivity contribution in [2.75, 3.05) is 13.2 Å². The van der Waals surface area contributed by atoms with Crippen LogP contribution in [0.5, 0.6) is 0 Å². The van der Waals surface area contributed by atoms with Crippen LogP contribution in [0.3, 0.4) is 0 Å². The maximum absolute atomic E-state index is 11.6. The van der Waals surface area contributed by atoms with E-state index in [9.17, 15) is 34.8 Å². The average molecular weight is 662 g/mol. The van der Waals surface area contributed by atoms with Gasteiger partial charge in [-0.3, -0.25) is 14.4 Å². The zero-order valence-electron chi connectivity index (χ0n) is 16.0. The van der Waals surface area contributed by atoms with Crippen LogP contribution in [0.25, 0.3) is 0 Å². The third kappa shape index (κ3) is 7.95. The molecule has 0 radical (unpaired) electrons. The number of hydrogen-bond donors (Lipinski definition) is 4. The van der Waals surface area contributed by atoms with E-state index < -0.39 is 76.1 Å². The van der Waals surface area contributed by atoms with Crippen LogP contribution in [0.1, 0.15) is 13.8 Å². The molecule has 1 fully saturated rings. The molecule has 12 nitrogen and oxygen atoms in total. The Bertz CT molecular complexity index is 574. The molecule has 0 bridgehead atoms. The summed E-state index contributed by atoms with van der Waals surface area (Å²) >= 11 is 3.84. The van der Waals surface area contributed by atoms with Crippen LogP contribution in [0, 0.1) is 0 Å². The Morgan fingerprint density at radius 2 is 1.70 bits per heavy atom. The number of aliphatic hydroxyl groups excluding tert-OH is 4. The highest BCUT2D eigenvalue weighted by atomic mass is 127. The Labute approximate surface area is 199 Å². The molecule has 0 aromatic rings. The maximum Gasteiger partial charge on any atom is 0.303 e. The Hall–Kier alpha value is -0.370. The molecule has 174 valence electrons. The highest BCUT2D eigenvalue weighted by Crippen LogP contribution is 2.30. The van der Waals surface area contributed by atoms with Gasteiger partial charge in [0, 0.05) is 13.8 Å². The lowest BCUT2D eigenvalue weighted by molar-refractivity contribution is -0.324. The Balaban J connectivity index is 3.23. The summed E-state index contributed by atoms with van der Waals surface area (Å²) < 4.78 is 25.7. The Kier molecular flexibility index (Phi) is 12.2. The summed E-state index contributed by atoms with van der Waals surface area (Å²) in [5, 5.41) is 39.5. The van der Waals surface area contributed by atoms with Crippen LogP contribution in [-0.2, 0) is 38.1 Å². The molecule has 30 heavy (non-hydrogen) atoms. The molecule has 0 amide bonds.